The van der Waals surface area contributed by atoms with Gasteiger partial charge in [-0.1, -0.05) is 0 Å². The number of carboxylic acid groups (broad SMARTS) is 1. The molecule has 2 amide bonds. The van der Waals surface area contributed by atoms with Crippen LogP contribution in [0.1, 0.15) is 33.6 Å². The summed E-state index contributed by atoms with van der Waals surface area (Å²) < 4.78 is 0. The van der Waals surface area contributed by atoms with E-state index in [2.05, 4.69) is 10.6 Å². The normalized spacial score (nSPS) is 10.8. The monoisotopic (exact) mass is 202 g/mol. The largest absolute Gasteiger partial charge is 0.481 e. The van der Waals surface area contributed by atoms with Crippen molar-refractivity contribution in [3.63, 3.8) is 0 Å². The molecule has 82 valence electrons. The molecule has 0 aromatic carbocycles. The minimum absolute atomic E-state index is 0.0792. The molecule has 0 bridgehead atoms. The van der Waals surface area contributed by atoms with Crippen molar-refractivity contribution in [2.45, 2.75) is 39.2 Å². The third-order valence-corrected chi connectivity index (χ3v) is 1.34. The molecule has 0 spiro atoms. The number of nitrogens with one attached hydrogen (secondary N) is 2. The summed E-state index contributed by atoms with van der Waals surface area (Å²) in [6.07, 6.45) is 0.530. The molecular weight excluding hydrogens is 184 g/mol. The van der Waals surface area contributed by atoms with Crippen LogP contribution in [0.25, 0.3) is 0 Å². The first-order valence-corrected chi connectivity index (χ1v) is 4.59. The lowest BCUT2D eigenvalue weighted by atomic mass is 10.1. The summed E-state index contributed by atoms with van der Waals surface area (Å²) >= 11 is 0. The molecule has 0 atom stereocenters. The first kappa shape index (κ1) is 12.7. The number of carboxylic acids is 1. The summed E-state index contributed by atoms with van der Waals surface area (Å²) in [5.41, 5.74) is -0.267. The Morgan fingerprint density at radius 3 is 2.29 bits per heavy atom. The van der Waals surface area contributed by atoms with Crippen LogP contribution in [0.5, 0.6) is 0 Å². The van der Waals surface area contributed by atoms with Gasteiger partial charge in [-0.2, -0.15) is 0 Å². The maximum absolute atomic E-state index is 11.1. The predicted molar refractivity (Wildman–Crippen MR) is 53.2 cm³/mol. The highest BCUT2D eigenvalue weighted by Gasteiger charge is 2.12. The van der Waals surface area contributed by atoms with Crippen molar-refractivity contribution < 1.29 is 14.7 Å². The molecule has 5 heteroatoms. The number of urea groups is 1. The minimum Gasteiger partial charge on any atom is -0.481 e. The van der Waals surface area contributed by atoms with Crippen LogP contribution in [-0.2, 0) is 4.79 Å². The lowest BCUT2D eigenvalue weighted by Gasteiger charge is -2.20. The topological polar surface area (TPSA) is 78.4 Å². The van der Waals surface area contributed by atoms with Crippen LogP contribution in [0.15, 0.2) is 0 Å². The van der Waals surface area contributed by atoms with Gasteiger partial charge in [0.05, 0.1) is 0 Å². The lowest BCUT2D eigenvalue weighted by molar-refractivity contribution is -0.137. The van der Waals surface area contributed by atoms with Gasteiger partial charge in [0, 0.05) is 18.5 Å². The molecule has 0 rings (SSSR count). The summed E-state index contributed by atoms with van der Waals surface area (Å²) in [5.74, 6) is -0.844. The standard InChI is InChI=1S/C9H18N2O3/c1-9(2,3)11-8(14)10-6-4-5-7(12)13/h4-6H2,1-3H3,(H,12,13)(H2,10,11,14). The Hall–Kier alpha value is -1.26. The van der Waals surface area contributed by atoms with Crippen molar-refractivity contribution in [2.75, 3.05) is 6.54 Å². The molecule has 0 saturated heterocycles. The highest BCUT2D eigenvalue weighted by atomic mass is 16.4. The number of aliphatic carboxylic acids is 1. The Balaban J connectivity index is 3.50. The summed E-state index contributed by atoms with van der Waals surface area (Å²) in [6, 6.07) is -0.261. The fourth-order valence-electron chi connectivity index (χ4n) is 0.826. The molecule has 0 aromatic rings. The van der Waals surface area contributed by atoms with Crippen LogP contribution in [0.3, 0.4) is 0 Å². The van der Waals surface area contributed by atoms with E-state index in [1.54, 1.807) is 0 Å². The Bertz CT molecular complexity index is 209. The zero-order valence-electron chi connectivity index (χ0n) is 8.89. The van der Waals surface area contributed by atoms with Crippen molar-refractivity contribution in [3.8, 4) is 0 Å². The molecule has 0 fully saturated rings. The van der Waals surface area contributed by atoms with Crippen LogP contribution < -0.4 is 10.6 Å². The van der Waals surface area contributed by atoms with Crippen molar-refractivity contribution in [1.82, 2.24) is 10.6 Å². The van der Waals surface area contributed by atoms with Gasteiger partial charge in [0.15, 0.2) is 0 Å². The number of rotatable bonds is 4. The Kier molecular flexibility index (Phi) is 4.97. The van der Waals surface area contributed by atoms with Gasteiger partial charge in [-0.05, 0) is 27.2 Å². The van der Waals surface area contributed by atoms with Gasteiger partial charge in [0.1, 0.15) is 0 Å². The van der Waals surface area contributed by atoms with E-state index in [9.17, 15) is 9.59 Å². The number of hydrogen-bond acceptors (Lipinski definition) is 2. The highest BCUT2D eigenvalue weighted by molar-refractivity contribution is 5.74. The van der Waals surface area contributed by atoms with Crippen molar-refractivity contribution in [3.05, 3.63) is 0 Å². The van der Waals surface area contributed by atoms with Crippen LogP contribution in [0, 0.1) is 0 Å². The first-order chi connectivity index (χ1) is 6.31. The third kappa shape index (κ3) is 8.83. The molecule has 0 unspecified atom stereocenters. The van der Waals surface area contributed by atoms with Crippen LogP contribution in [0.2, 0.25) is 0 Å². The van der Waals surface area contributed by atoms with Gasteiger partial charge >= 0.3 is 12.0 Å². The molecule has 0 heterocycles. The van der Waals surface area contributed by atoms with E-state index in [0.717, 1.165) is 0 Å². The molecule has 0 aliphatic rings. The second-order valence-electron chi connectivity index (χ2n) is 4.13. The molecule has 5 nitrogen and oxygen atoms in total. The average Bonchev–Trinajstić information content (AvgIpc) is 1.94. The van der Waals surface area contributed by atoms with Gasteiger partial charge in [0.2, 0.25) is 0 Å². The van der Waals surface area contributed by atoms with Gasteiger partial charge in [-0.25, -0.2) is 4.79 Å². The van der Waals surface area contributed by atoms with E-state index in [-0.39, 0.29) is 18.0 Å². The maximum Gasteiger partial charge on any atom is 0.315 e. The van der Waals surface area contributed by atoms with E-state index in [1.165, 1.54) is 0 Å². The molecule has 0 aliphatic carbocycles. The Morgan fingerprint density at radius 2 is 1.86 bits per heavy atom. The fourth-order valence-corrected chi connectivity index (χ4v) is 0.826. The summed E-state index contributed by atoms with van der Waals surface area (Å²) in [7, 11) is 0. The average molecular weight is 202 g/mol. The Labute approximate surface area is 83.9 Å². The van der Waals surface area contributed by atoms with Crippen molar-refractivity contribution in [2.24, 2.45) is 0 Å². The first-order valence-electron chi connectivity index (χ1n) is 4.59. The second-order valence-corrected chi connectivity index (χ2v) is 4.13. The maximum atomic E-state index is 11.1. The number of carbonyl (C=O) groups excluding carboxylic acids is 1. The van der Waals surface area contributed by atoms with Gasteiger partial charge in [-0.15, -0.1) is 0 Å². The van der Waals surface area contributed by atoms with Crippen molar-refractivity contribution in [1.29, 1.82) is 0 Å². The molecule has 0 saturated carbocycles. The van der Waals surface area contributed by atoms with Crippen LogP contribution in [0.4, 0.5) is 4.79 Å². The number of carbonyl (C=O) groups is 2. The lowest BCUT2D eigenvalue weighted by Crippen LogP contribution is -2.46. The zero-order chi connectivity index (χ0) is 11.2. The SMILES string of the molecule is CC(C)(C)NC(=O)NCCCC(=O)O. The van der Waals surface area contributed by atoms with Gasteiger partial charge < -0.3 is 15.7 Å². The number of amides is 2. The van der Waals surface area contributed by atoms with Crippen LogP contribution >= 0.6 is 0 Å². The predicted octanol–water partition coefficient (Wildman–Crippen LogP) is 0.949. The molecule has 0 aliphatic heterocycles. The van der Waals surface area contributed by atoms with Gasteiger partial charge in [-0.3, -0.25) is 4.79 Å². The zero-order valence-corrected chi connectivity index (χ0v) is 8.89. The van der Waals surface area contributed by atoms with E-state index in [4.69, 9.17) is 5.11 Å². The quantitative estimate of drug-likeness (QED) is 0.594. The molecule has 0 radical (unpaired) electrons. The molecule has 3 N–H and O–H groups in total. The summed E-state index contributed by atoms with van der Waals surface area (Å²) in [6.45, 7) is 6.02. The second kappa shape index (κ2) is 5.47. The smallest absolute Gasteiger partial charge is 0.315 e. The molecular formula is C9H18N2O3. The van der Waals surface area contributed by atoms with Crippen LogP contribution in [-0.4, -0.2) is 29.2 Å². The van der Waals surface area contributed by atoms with Crippen molar-refractivity contribution >= 4 is 12.0 Å². The van der Waals surface area contributed by atoms with E-state index < -0.39 is 5.97 Å². The van der Waals surface area contributed by atoms with E-state index >= 15 is 0 Å². The molecule has 14 heavy (non-hydrogen) atoms. The van der Waals surface area contributed by atoms with Gasteiger partial charge in [0.25, 0.3) is 0 Å². The number of hydrogen-bond donors (Lipinski definition) is 3. The fraction of sp³-hybridized carbons (Fsp3) is 0.778. The Morgan fingerprint density at radius 1 is 1.29 bits per heavy atom. The highest BCUT2D eigenvalue weighted by Crippen LogP contribution is 1.97. The molecule has 0 aromatic heterocycles. The summed E-state index contributed by atoms with van der Waals surface area (Å²) in [5, 5.41) is 13.6. The summed E-state index contributed by atoms with van der Waals surface area (Å²) in [4.78, 5) is 21.3. The minimum atomic E-state index is -0.844. The third-order valence-electron chi connectivity index (χ3n) is 1.34. The van der Waals surface area contributed by atoms with E-state index in [0.29, 0.717) is 13.0 Å². The van der Waals surface area contributed by atoms with E-state index in [1.807, 2.05) is 20.8 Å².